The monoisotopic (exact) mass is 825 g/mol. The number of aliphatic hydroxyl groups is 6. The van der Waals surface area contributed by atoms with Crippen LogP contribution in [0.3, 0.4) is 0 Å². The van der Waals surface area contributed by atoms with Crippen molar-refractivity contribution in [2.75, 3.05) is 19.8 Å². The molecule has 0 spiro atoms. The Morgan fingerprint density at radius 2 is 1.45 bits per heavy atom. The zero-order chi connectivity index (χ0) is 40.6. The standard InChI is InChI=1S/C41H57NO15.Na/c1-23-31(44)33(46)34(47)40(53-23)57-36-27(17-18-52-29(36)21-42(20-25-13-7-3-8-14-25)38(49)26-15-9-4-10-16-26)55-41-35(48)37(32(45)30(22-43)56-41)54-28(39(50)51)19-24-11-5-2-6-12-24;/h3-4,7-10,13-16,23-24,27-37,40-41,43-48H,2,5-6,11-12,17-22H2,1H3,(H,50,51);/q;+1/p-1/t23-,27+,28+,29?,30+,31+,32-,33-,34+,35-,36-,37+,40-,41+;/m1./s1. The molecule has 1 saturated carbocycles. The van der Waals surface area contributed by atoms with Crippen LogP contribution >= 0.6 is 0 Å². The molecule has 1 unspecified atom stereocenters. The van der Waals surface area contributed by atoms with Crippen LogP contribution in [0.15, 0.2) is 60.7 Å². The smallest absolute Gasteiger partial charge is 0.547 e. The van der Waals surface area contributed by atoms with Gasteiger partial charge in [-0.25, -0.2) is 0 Å². The number of ether oxygens (including phenoxy) is 6. The van der Waals surface area contributed by atoms with Gasteiger partial charge in [0, 0.05) is 18.7 Å². The number of aliphatic carboxylic acids is 1. The summed E-state index contributed by atoms with van der Waals surface area (Å²) >= 11 is 0. The van der Waals surface area contributed by atoms with Crippen molar-refractivity contribution in [1.82, 2.24) is 4.90 Å². The van der Waals surface area contributed by atoms with Gasteiger partial charge in [-0.2, -0.15) is 0 Å². The van der Waals surface area contributed by atoms with E-state index in [0.717, 1.165) is 37.7 Å². The van der Waals surface area contributed by atoms with Crippen molar-refractivity contribution in [2.45, 2.75) is 144 Å². The summed E-state index contributed by atoms with van der Waals surface area (Å²) in [5, 5.41) is 77.2. The molecule has 1 amide bonds. The number of hydrogen-bond donors (Lipinski definition) is 6. The molecule has 2 aromatic carbocycles. The van der Waals surface area contributed by atoms with Gasteiger partial charge in [0.1, 0.15) is 54.9 Å². The summed E-state index contributed by atoms with van der Waals surface area (Å²) in [4.78, 5) is 27.9. The maximum Gasteiger partial charge on any atom is 1.00 e. The molecule has 0 radical (unpaired) electrons. The van der Waals surface area contributed by atoms with E-state index in [1.165, 1.54) is 6.92 Å². The molecule has 6 rings (SSSR count). The number of rotatable bonds is 15. The van der Waals surface area contributed by atoms with Crippen molar-refractivity contribution in [1.29, 1.82) is 0 Å². The van der Waals surface area contributed by atoms with E-state index in [1.54, 1.807) is 35.2 Å². The zero-order valence-corrected chi connectivity index (χ0v) is 35.0. The van der Waals surface area contributed by atoms with Crippen molar-refractivity contribution >= 4 is 11.9 Å². The molecule has 14 atom stereocenters. The molecule has 316 valence electrons. The van der Waals surface area contributed by atoms with Gasteiger partial charge in [0.2, 0.25) is 0 Å². The third kappa shape index (κ3) is 11.6. The van der Waals surface area contributed by atoms with Gasteiger partial charge < -0.3 is 73.9 Å². The van der Waals surface area contributed by atoms with Crippen LogP contribution in [0.5, 0.6) is 0 Å². The van der Waals surface area contributed by atoms with Crippen LogP contribution in [0, 0.1) is 5.92 Å². The first-order valence-corrected chi connectivity index (χ1v) is 19.9. The molecule has 0 bridgehead atoms. The second kappa shape index (κ2) is 22.1. The second-order valence-electron chi connectivity index (χ2n) is 15.5. The number of carboxylic acids is 1. The van der Waals surface area contributed by atoms with Crippen molar-refractivity contribution in [3.05, 3.63) is 71.8 Å². The maximum atomic E-state index is 14.0. The number of benzene rings is 2. The number of carbonyl (C=O) groups is 2. The number of amides is 1. The summed E-state index contributed by atoms with van der Waals surface area (Å²) in [6.45, 7) is 0.960. The predicted octanol–water partition coefficient (Wildman–Crippen LogP) is -3.37. The summed E-state index contributed by atoms with van der Waals surface area (Å²) in [5.41, 5.74) is 1.25. The average Bonchev–Trinajstić information content (AvgIpc) is 3.22. The van der Waals surface area contributed by atoms with Crippen LogP contribution in [-0.4, -0.2) is 153 Å². The van der Waals surface area contributed by atoms with E-state index in [4.69, 9.17) is 28.4 Å². The van der Waals surface area contributed by atoms with Crippen molar-refractivity contribution < 1.29 is 103 Å². The minimum atomic E-state index is -1.76. The average molecular weight is 826 g/mol. The van der Waals surface area contributed by atoms with E-state index in [2.05, 4.69) is 0 Å². The van der Waals surface area contributed by atoms with E-state index in [9.17, 15) is 45.3 Å². The van der Waals surface area contributed by atoms with Crippen LogP contribution in [0.4, 0.5) is 0 Å². The third-order valence-electron chi connectivity index (χ3n) is 11.5. The Hall–Kier alpha value is -2.10. The predicted molar refractivity (Wildman–Crippen MR) is 197 cm³/mol. The molecule has 58 heavy (non-hydrogen) atoms. The maximum absolute atomic E-state index is 14.0. The van der Waals surface area contributed by atoms with Crippen LogP contribution in [0.2, 0.25) is 0 Å². The SMILES string of the molecule is C[C@H]1O[C@H](O[C@H]2C(CN(Cc3ccccc3)C(=O)c3ccccc3)OCC[C@@H]2O[C@H]2O[C@@H](CO)[C@@H](O)[C@H](O[C@@H](CC3CCCCC3)C(=O)[O-])[C@H]2O)[C@@H](O)[C@H](O)[C@H]1O.[Na+]. The summed E-state index contributed by atoms with van der Waals surface area (Å²) in [5.74, 6) is -1.75. The van der Waals surface area contributed by atoms with Crippen molar-refractivity contribution in [3.8, 4) is 0 Å². The Morgan fingerprint density at radius 1 is 0.793 bits per heavy atom. The van der Waals surface area contributed by atoms with Crippen molar-refractivity contribution in [2.24, 2.45) is 5.92 Å². The van der Waals surface area contributed by atoms with Crippen LogP contribution < -0.4 is 34.7 Å². The molecule has 16 nitrogen and oxygen atoms in total. The van der Waals surface area contributed by atoms with E-state index >= 15 is 0 Å². The number of aliphatic hydroxyl groups excluding tert-OH is 6. The molecule has 3 aliphatic heterocycles. The second-order valence-corrected chi connectivity index (χ2v) is 15.5. The Labute approximate surface area is 360 Å². The number of hydrogen-bond acceptors (Lipinski definition) is 15. The number of nitrogens with zero attached hydrogens (tertiary/aromatic N) is 1. The van der Waals surface area contributed by atoms with Crippen LogP contribution in [0.1, 0.15) is 67.8 Å². The fourth-order valence-corrected chi connectivity index (χ4v) is 8.22. The first-order chi connectivity index (χ1) is 27.4. The molecule has 0 aromatic heterocycles. The molecule has 1 aliphatic carbocycles. The van der Waals surface area contributed by atoms with Gasteiger partial charge in [0.15, 0.2) is 12.6 Å². The molecule has 4 fully saturated rings. The van der Waals surface area contributed by atoms with Gasteiger partial charge in [-0.05, 0) is 43.4 Å². The van der Waals surface area contributed by atoms with E-state index in [1.807, 2.05) is 30.3 Å². The Kier molecular flexibility index (Phi) is 17.9. The summed E-state index contributed by atoms with van der Waals surface area (Å²) in [6, 6.07) is 18.0. The van der Waals surface area contributed by atoms with Crippen LogP contribution in [0.25, 0.3) is 0 Å². The third-order valence-corrected chi connectivity index (χ3v) is 11.5. The summed E-state index contributed by atoms with van der Waals surface area (Å²) < 4.78 is 36.6. The topological polar surface area (TPSA) is 237 Å². The molecular formula is C41H56NNaO15. The number of carboxylic acid groups (broad SMARTS) is 1. The first-order valence-electron chi connectivity index (χ1n) is 19.9. The largest absolute Gasteiger partial charge is 1.00 e. The Balaban J connectivity index is 0.00000641. The van der Waals surface area contributed by atoms with E-state index < -0.39 is 98.4 Å². The summed E-state index contributed by atoms with van der Waals surface area (Å²) in [6.07, 6.45) is -14.9. The van der Waals surface area contributed by atoms with Crippen LogP contribution in [-0.2, 0) is 39.8 Å². The molecule has 3 heterocycles. The molecule has 2 aromatic rings. The minimum Gasteiger partial charge on any atom is -0.547 e. The van der Waals surface area contributed by atoms with E-state index in [-0.39, 0.29) is 73.9 Å². The van der Waals surface area contributed by atoms with E-state index in [0.29, 0.717) is 5.56 Å². The Morgan fingerprint density at radius 3 is 2.10 bits per heavy atom. The first kappa shape index (κ1) is 47.0. The molecule has 6 N–H and O–H groups in total. The van der Waals surface area contributed by atoms with Gasteiger partial charge >= 0.3 is 29.6 Å². The minimum absolute atomic E-state index is 0. The molecular weight excluding hydrogens is 769 g/mol. The van der Waals surface area contributed by atoms with Gasteiger partial charge in [-0.15, -0.1) is 0 Å². The molecule has 17 heteroatoms. The fourth-order valence-electron chi connectivity index (χ4n) is 8.22. The normalized spacial score (nSPS) is 35.1. The molecule has 3 saturated heterocycles. The van der Waals surface area contributed by atoms with Gasteiger partial charge in [-0.3, -0.25) is 4.79 Å². The van der Waals surface area contributed by atoms with Crippen molar-refractivity contribution in [3.63, 3.8) is 0 Å². The Bertz CT molecular complexity index is 1560. The fraction of sp³-hybridized carbons (Fsp3) is 0.659. The van der Waals surface area contributed by atoms with Gasteiger partial charge in [0.25, 0.3) is 5.91 Å². The molecule has 4 aliphatic rings. The van der Waals surface area contributed by atoms with Gasteiger partial charge in [0.05, 0.1) is 37.4 Å². The van der Waals surface area contributed by atoms with Gasteiger partial charge in [-0.1, -0.05) is 80.6 Å². The summed E-state index contributed by atoms with van der Waals surface area (Å²) in [7, 11) is 0. The number of carbonyl (C=O) groups excluding carboxylic acids is 2. The quantitative estimate of drug-likeness (QED) is 0.0963. The zero-order valence-electron chi connectivity index (χ0n) is 33.0.